The van der Waals surface area contributed by atoms with E-state index in [-0.39, 0.29) is 17.6 Å². The standard InChI is InChI=1S/C23H27N5O3S/c1-4-28-20(13-14-24-22(30)17-7-11-19(31-3)12-8-17)26-27-23(28)32-15-21(29)25-18-9-5-16(2)6-10-18/h5-12H,4,13-15H2,1-3H3,(H,24,30)(H,25,29). The number of amides is 2. The summed E-state index contributed by atoms with van der Waals surface area (Å²) in [6.45, 7) is 5.11. The maximum Gasteiger partial charge on any atom is 0.251 e. The zero-order valence-corrected chi connectivity index (χ0v) is 19.2. The summed E-state index contributed by atoms with van der Waals surface area (Å²) in [4.78, 5) is 24.6. The van der Waals surface area contributed by atoms with Gasteiger partial charge in [0.1, 0.15) is 11.6 Å². The number of hydrogen-bond donors (Lipinski definition) is 2. The van der Waals surface area contributed by atoms with Crippen molar-refractivity contribution in [2.24, 2.45) is 0 Å². The van der Waals surface area contributed by atoms with E-state index in [1.807, 2.05) is 42.7 Å². The zero-order chi connectivity index (χ0) is 22.9. The van der Waals surface area contributed by atoms with Crippen LogP contribution in [0.25, 0.3) is 0 Å². The molecule has 2 N–H and O–H groups in total. The molecule has 0 aliphatic heterocycles. The average molecular weight is 454 g/mol. The first kappa shape index (κ1) is 23.3. The van der Waals surface area contributed by atoms with Crippen molar-refractivity contribution in [3.05, 3.63) is 65.5 Å². The lowest BCUT2D eigenvalue weighted by molar-refractivity contribution is -0.113. The molecule has 168 valence electrons. The number of anilines is 1. The molecule has 8 nitrogen and oxygen atoms in total. The van der Waals surface area contributed by atoms with Crippen LogP contribution < -0.4 is 15.4 Å². The first-order chi connectivity index (χ1) is 15.5. The van der Waals surface area contributed by atoms with E-state index in [4.69, 9.17) is 4.74 Å². The molecule has 0 aliphatic carbocycles. The van der Waals surface area contributed by atoms with Crippen LogP contribution in [-0.4, -0.2) is 46.0 Å². The number of aromatic nitrogens is 3. The monoisotopic (exact) mass is 453 g/mol. The number of methoxy groups -OCH3 is 1. The molecule has 0 unspecified atom stereocenters. The van der Waals surface area contributed by atoms with Crippen LogP contribution in [0.4, 0.5) is 5.69 Å². The molecule has 1 heterocycles. The lowest BCUT2D eigenvalue weighted by Crippen LogP contribution is -2.26. The predicted octanol–water partition coefficient (Wildman–Crippen LogP) is 3.32. The number of carbonyl (C=O) groups is 2. The number of nitrogens with zero attached hydrogens (tertiary/aromatic N) is 3. The molecule has 0 spiro atoms. The van der Waals surface area contributed by atoms with E-state index >= 15 is 0 Å². The number of thioether (sulfide) groups is 1. The van der Waals surface area contributed by atoms with Crippen LogP contribution in [0.15, 0.2) is 53.7 Å². The molecule has 0 bridgehead atoms. The van der Waals surface area contributed by atoms with Gasteiger partial charge in [0.25, 0.3) is 5.91 Å². The number of aryl methyl sites for hydroxylation is 1. The van der Waals surface area contributed by atoms with Crippen molar-refractivity contribution in [3.63, 3.8) is 0 Å². The van der Waals surface area contributed by atoms with Crippen molar-refractivity contribution in [2.75, 3.05) is 24.7 Å². The molecule has 3 aromatic rings. The van der Waals surface area contributed by atoms with Gasteiger partial charge in [-0.25, -0.2) is 0 Å². The molecule has 1 aromatic heterocycles. The Morgan fingerprint density at radius 3 is 2.44 bits per heavy atom. The van der Waals surface area contributed by atoms with Crippen LogP contribution >= 0.6 is 11.8 Å². The van der Waals surface area contributed by atoms with Crippen molar-refractivity contribution in [3.8, 4) is 5.75 Å². The Bertz CT molecular complexity index is 1050. The summed E-state index contributed by atoms with van der Waals surface area (Å²) >= 11 is 1.34. The topological polar surface area (TPSA) is 98.1 Å². The summed E-state index contributed by atoms with van der Waals surface area (Å²) in [5.41, 5.74) is 2.48. The number of ether oxygens (including phenoxy) is 1. The van der Waals surface area contributed by atoms with Gasteiger partial charge in [0, 0.05) is 30.8 Å². The third-order valence-corrected chi connectivity index (χ3v) is 5.73. The van der Waals surface area contributed by atoms with Gasteiger partial charge in [-0.2, -0.15) is 0 Å². The normalized spacial score (nSPS) is 10.6. The largest absolute Gasteiger partial charge is 0.497 e. The SMILES string of the molecule is CCn1c(CCNC(=O)c2ccc(OC)cc2)nnc1SCC(=O)Nc1ccc(C)cc1. The molecule has 9 heteroatoms. The highest BCUT2D eigenvalue weighted by molar-refractivity contribution is 7.99. The zero-order valence-electron chi connectivity index (χ0n) is 18.4. The molecule has 32 heavy (non-hydrogen) atoms. The highest BCUT2D eigenvalue weighted by atomic mass is 32.2. The molecule has 0 saturated heterocycles. The third-order valence-electron chi connectivity index (χ3n) is 4.76. The first-order valence-corrected chi connectivity index (χ1v) is 11.3. The van der Waals surface area contributed by atoms with Gasteiger partial charge in [-0.1, -0.05) is 29.5 Å². The minimum atomic E-state index is -0.155. The van der Waals surface area contributed by atoms with Crippen molar-refractivity contribution < 1.29 is 14.3 Å². The highest BCUT2D eigenvalue weighted by Crippen LogP contribution is 2.18. The lowest BCUT2D eigenvalue weighted by atomic mass is 10.2. The van der Waals surface area contributed by atoms with Gasteiger partial charge in [0.05, 0.1) is 12.9 Å². The molecule has 2 amide bonds. The van der Waals surface area contributed by atoms with E-state index in [1.165, 1.54) is 11.8 Å². The van der Waals surface area contributed by atoms with Crippen molar-refractivity contribution >= 4 is 29.3 Å². The molecule has 0 aliphatic rings. The summed E-state index contributed by atoms with van der Waals surface area (Å²) in [5, 5.41) is 14.9. The van der Waals surface area contributed by atoms with E-state index in [1.54, 1.807) is 31.4 Å². The van der Waals surface area contributed by atoms with E-state index in [0.29, 0.717) is 36.0 Å². The summed E-state index contributed by atoms with van der Waals surface area (Å²) < 4.78 is 7.07. The van der Waals surface area contributed by atoms with Gasteiger partial charge in [0.15, 0.2) is 5.16 Å². The Kier molecular flexibility index (Phi) is 8.27. The Balaban J connectivity index is 1.49. The van der Waals surface area contributed by atoms with Gasteiger partial charge in [-0.15, -0.1) is 10.2 Å². The van der Waals surface area contributed by atoms with Gasteiger partial charge < -0.3 is 19.9 Å². The maximum atomic E-state index is 12.3. The van der Waals surface area contributed by atoms with Crippen LogP contribution in [0.5, 0.6) is 5.75 Å². The van der Waals surface area contributed by atoms with Crippen LogP contribution in [-0.2, 0) is 17.8 Å². The number of benzene rings is 2. The number of nitrogens with one attached hydrogen (secondary N) is 2. The molecule has 2 aromatic carbocycles. The average Bonchev–Trinajstić information content (AvgIpc) is 3.21. The number of hydrogen-bond acceptors (Lipinski definition) is 6. The molecule has 0 fully saturated rings. The van der Waals surface area contributed by atoms with E-state index in [2.05, 4.69) is 20.8 Å². The molecular weight excluding hydrogens is 426 g/mol. The number of carbonyl (C=O) groups excluding carboxylic acids is 2. The first-order valence-electron chi connectivity index (χ1n) is 10.3. The Morgan fingerprint density at radius 2 is 1.78 bits per heavy atom. The van der Waals surface area contributed by atoms with E-state index in [0.717, 1.165) is 17.1 Å². The van der Waals surface area contributed by atoms with E-state index < -0.39 is 0 Å². The van der Waals surface area contributed by atoms with Crippen molar-refractivity contribution in [1.29, 1.82) is 0 Å². The Labute approximate surface area is 191 Å². The maximum absolute atomic E-state index is 12.3. The van der Waals surface area contributed by atoms with E-state index in [9.17, 15) is 9.59 Å². The second kappa shape index (κ2) is 11.3. The van der Waals surface area contributed by atoms with Gasteiger partial charge in [0.2, 0.25) is 5.91 Å². The predicted molar refractivity (Wildman–Crippen MR) is 125 cm³/mol. The Morgan fingerprint density at radius 1 is 1.06 bits per heavy atom. The fourth-order valence-electron chi connectivity index (χ4n) is 3.02. The summed E-state index contributed by atoms with van der Waals surface area (Å²) in [7, 11) is 1.59. The quantitative estimate of drug-likeness (QED) is 0.457. The molecular formula is C23H27N5O3S. The lowest BCUT2D eigenvalue weighted by Gasteiger charge is -2.09. The third kappa shape index (κ3) is 6.34. The summed E-state index contributed by atoms with van der Waals surface area (Å²) in [6.07, 6.45) is 0.541. The fourth-order valence-corrected chi connectivity index (χ4v) is 3.85. The smallest absolute Gasteiger partial charge is 0.251 e. The molecule has 0 atom stereocenters. The molecule has 0 saturated carbocycles. The second-order valence-electron chi connectivity index (χ2n) is 7.08. The van der Waals surface area contributed by atoms with Gasteiger partial charge in [-0.05, 0) is 50.2 Å². The molecule has 3 rings (SSSR count). The van der Waals surface area contributed by atoms with Crippen LogP contribution in [0, 0.1) is 6.92 Å². The van der Waals surface area contributed by atoms with Crippen LogP contribution in [0.1, 0.15) is 28.7 Å². The Hall–Kier alpha value is -3.33. The van der Waals surface area contributed by atoms with Crippen molar-refractivity contribution in [1.82, 2.24) is 20.1 Å². The fraction of sp³-hybridized carbons (Fsp3) is 0.304. The van der Waals surface area contributed by atoms with Crippen LogP contribution in [0.3, 0.4) is 0 Å². The minimum Gasteiger partial charge on any atom is -0.497 e. The molecule has 0 radical (unpaired) electrons. The minimum absolute atomic E-state index is 0.0992. The summed E-state index contributed by atoms with van der Waals surface area (Å²) in [5.74, 6) is 1.45. The van der Waals surface area contributed by atoms with Gasteiger partial charge >= 0.3 is 0 Å². The number of rotatable bonds is 10. The second-order valence-corrected chi connectivity index (χ2v) is 8.02. The van der Waals surface area contributed by atoms with Gasteiger partial charge in [-0.3, -0.25) is 9.59 Å². The van der Waals surface area contributed by atoms with Crippen molar-refractivity contribution in [2.45, 2.75) is 32.0 Å². The van der Waals surface area contributed by atoms with Crippen LogP contribution in [0.2, 0.25) is 0 Å². The highest BCUT2D eigenvalue weighted by Gasteiger charge is 2.14. The summed E-state index contributed by atoms with van der Waals surface area (Å²) in [6, 6.07) is 14.6.